The van der Waals surface area contributed by atoms with Gasteiger partial charge in [0.2, 0.25) is 0 Å². The summed E-state index contributed by atoms with van der Waals surface area (Å²) in [6.07, 6.45) is 4.00. The van der Waals surface area contributed by atoms with Gasteiger partial charge >= 0.3 is 0 Å². The number of hydrogen-bond donors (Lipinski definition) is 0. The molecule has 0 aliphatic carbocycles. The number of benzene rings is 7. The first-order valence-corrected chi connectivity index (χ1v) is 15.3. The number of aryl methyl sites for hydroxylation is 1. The number of allylic oxidation sites excluding steroid dienone is 2. The van der Waals surface area contributed by atoms with Crippen LogP contribution < -0.4 is 0 Å². The van der Waals surface area contributed by atoms with E-state index in [1.807, 2.05) is 26.0 Å². The van der Waals surface area contributed by atoms with Gasteiger partial charge in [-0.1, -0.05) is 133 Å². The van der Waals surface area contributed by atoms with Crippen LogP contribution in [0.3, 0.4) is 0 Å². The van der Waals surface area contributed by atoms with Gasteiger partial charge in [-0.25, -0.2) is 0 Å². The predicted octanol–water partition coefficient (Wildman–Crippen LogP) is 12.2. The molecule has 0 aliphatic heterocycles. The molecular weight excluding hydrogens is 530 g/mol. The molecule has 0 spiro atoms. The van der Waals surface area contributed by atoms with Crippen LogP contribution in [-0.4, -0.2) is 4.57 Å². The number of hydrogen-bond acceptors (Lipinski definition) is 0. The zero-order chi connectivity index (χ0) is 30.0. The minimum atomic E-state index is 1.23. The highest BCUT2D eigenvalue weighted by Gasteiger charge is 2.17. The van der Waals surface area contributed by atoms with Crippen molar-refractivity contribution in [3.8, 4) is 33.4 Å². The van der Waals surface area contributed by atoms with Gasteiger partial charge in [0, 0.05) is 28.9 Å². The Bertz CT molecular complexity index is 2240. The second-order valence-corrected chi connectivity index (χ2v) is 11.3. The van der Waals surface area contributed by atoms with Gasteiger partial charge in [0.05, 0.1) is 0 Å². The van der Waals surface area contributed by atoms with E-state index in [0.717, 1.165) is 0 Å². The molecule has 0 bridgehead atoms. The fourth-order valence-corrected chi connectivity index (χ4v) is 6.56. The minimum absolute atomic E-state index is 1.23. The fraction of sp³-hybridized carbons (Fsp3) is 0.0698. The molecule has 0 unspecified atom stereocenters. The summed E-state index contributed by atoms with van der Waals surface area (Å²) in [7, 11) is 2.15. The average Bonchev–Trinajstić information content (AvgIpc) is 3.38. The van der Waals surface area contributed by atoms with Gasteiger partial charge in [0.1, 0.15) is 0 Å². The van der Waals surface area contributed by atoms with Gasteiger partial charge < -0.3 is 4.57 Å². The lowest BCUT2D eigenvalue weighted by Gasteiger charge is -2.18. The van der Waals surface area contributed by atoms with Crippen molar-refractivity contribution in [2.24, 2.45) is 7.05 Å². The van der Waals surface area contributed by atoms with Crippen molar-refractivity contribution in [2.75, 3.05) is 0 Å². The second-order valence-electron chi connectivity index (χ2n) is 11.3. The van der Waals surface area contributed by atoms with Crippen LogP contribution in [0.1, 0.15) is 13.8 Å². The zero-order valence-corrected chi connectivity index (χ0v) is 25.5. The van der Waals surface area contributed by atoms with Crippen LogP contribution in [-0.2, 0) is 7.05 Å². The molecule has 1 heteroatoms. The summed E-state index contributed by atoms with van der Waals surface area (Å²) in [5.74, 6) is 0. The molecule has 1 nitrogen and oxygen atoms in total. The molecule has 0 atom stereocenters. The predicted molar refractivity (Wildman–Crippen MR) is 192 cm³/mol. The van der Waals surface area contributed by atoms with E-state index in [4.69, 9.17) is 0 Å². The topological polar surface area (TPSA) is 4.93 Å². The van der Waals surface area contributed by atoms with Crippen molar-refractivity contribution in [3.63, 3.8) is 0 Å². The summed E-state index contributed by atoms with van der Waals surface area (Å²) >= 11 is 0. The van der Waals surface area contributed by atoms with Gasteiger partial charge in [-0.3, -0.25) is 0 Å². The standard InChI is InChI=1S/C39H27N.C4H8/c1-40-36-21-10-9-16-30(36)35-25-28(22-23-37(35)40)27-14-11-15-29(24-27)39-33-19-7-5-17-31(33)38(26-12-3-2-4-13-26)32-18-6-8-20-34(32)39;1-3-4-2/h2-25H,1H3;3-4H,1-2H3/b;4-3-. The third-order valence-corrected chi connectivity index (χ3v) is 8.73. The van der Waals surface area contributed by atoms with E-state index in [-0.39, 0.29) is 0 Å². The molecule has 0 saturated heterocycles. The molecule has 0 saturated carbocycles. The quantitative estimate of drug-likeness (QED) is 0.148. The van der Waals surface area contributed by atoms with E-state index >= 15 is 0 Å². The summed E-state index contributed by atoms with van der Waals surface area (Å²) < 4.78 is 2.29. The lowest BCUT2D eigenvalue weighted by molar-refractivity contribution is 1.01. The van der Waals surface area contributed by atoms with E-state index in [2.05, 4.69) is 157 Å². The van der Waals surface area contributed by atoms with Crippen LogP contribution in [0.15, 0.2) is 158 Å². The Morgan fingerprint density at radius 1 is 0.364 bits per heavy atom. The van der Waals surface area contributed by atoms with E-state index in [0.29, 0.717) is 0 Å². The highest BCUT2D eigenvalue weighted by molar-refractivity contribution is 6.21. The SMILES string of the molecule is C/C=C\C.Cn1c2ccccc2c2cc(-c3cccc(-c4c5ccccc5c(-c5ccccc5)c5ccccc45)c3)ccc21. The van der Waals surface area contributed by atoms with Crippen molar-refractivity contribution >= 4 is 43.4 Å². The maximum absolute atomic E-state index is 2.36. The van der Waals surface area contributed by atoms with Crippen molar-refractivity contribution in [2.45, 2.75) is 13.8 Å². The monoisotopic (exact) mass is 565 g/mol. The molecule has 0 N–H and O–H groups in total. The highest BCUT2D eigenvalue weighted by atomic mass is 14.9. The normalized spacial score (nSPS) is 11.4. The van der Waals surface area contributed by atoms with Crippen molar-refractivity contribution in [3.05, 3.63) is 158 Å². The number of fused-ring (bicyclic) bond motifs is 5. The summed E-state index contributed by atoms with van der Waals surface area (Å²) in [6, 6.07) is 53.1. The van der Waals surface area contributed by atoms with Crippen LogP contribution in [0.2, 0.25) is 0 Å². The average molecular weight is 566 g/mol. The van der Waals surface area contributed by atoms with E-state index in [1.54, 1.807) is 0 Å². The largest absolute Gasteiger partial charge is 0.344 e. The Morgan fingerprint density at radius 2 is 0.818 bits per heavy atom. The van der Waals surface area contributed by atoms with Gasteiger partial charge in [0.15, 0.2) is 0 Å². The molecular formula is C43H35N. The van der Waals surface area contributed by atoms with Crippen LogP contribution >= 0.6 is 0 Å². The molecule has 212 valence electrons. The molecule has 44 heavy (non-hydrogen) atoms. The maximum Gasteiger partial charge on any atom is 0.0489 e. The number of aromatic nitrogens is 1. The first-order chi connectivity index (χ1) is 21.7. The Kier molecular flexibility index (Phi) is 7.30. The molecule has 0 aliphatic rings. The molecule has 1 heterocycles. The Morgan fingerprint density at radius 3 is 1.43 bits per heavy atom. The molecule has 1 aromatic heterocycles. The summed E-state index contributed by atoms with van der Waals surface area (Å²) in [6.45, 7) is 4.00. The summed E-state index contributed by atoms with van der Waals surface area (Å²) in [5, 5.41) is 7.72. The third kappa shape index (κ3) is 4.68. The van der Waals surface area contributed by atoms with E-state index < -0.39 is 0 Å². The smallest absolute Gasteiger partial charge is 0.0489 e. The highest BCUT2D eigenvalue weighted by Crippen LogP contribution is 2.44. The van der Waals surface area contributed by atoms with Crippen LogP contribution in [0, 0.1) is 0 Å². The van der Waals surface area contributed by atoms with Crippen LogP contribution in [0.25, 0.3) is 76.7 Å². The van der Waals surface area contributed by atoms with Crippen molar-refractivity contribution in [1.82, 2.24) is 4.57 Å². The van der Waals surface area contributed by atoms with Crippen molar-refractivity contribution in [1.29, 1.82) is 0 Å². The Hall–Kier alpha value is -5.40. The van der Waals surface area contributed by atoms with Gasteiger partial charge in [-0.05, 0) is 93.0 Å². The molecule has 7 aromatic carbocycles. The third-order valence-electron chi connectivity index (χ3n) is 8.73. The molecule has 0 radical (unpaired) electrons. The number of rotatable bonds is 3. The molecule has 8 rings (SSSR count). The summed E-state index contributed by atoms with van der Waals surface area (Å²) in [4.78, 5) is 0. The van der Waals surface area contributed by atoms with E-state index in [9.17, 15) is 0 Å². The Balaban J connectivity index is 0.000000739. The van der Waals surface area contributed by atoms with Crippen molar-refractivity contribution < 1.29 is 0 Å². The van der Waals surface area contributed by atoms with Gasteiger partial charge in [0.25, 0.3) is 0 Å². The van der Waals surface area contributed by atoms with Crippen LogP contribution in [0.5, 0.6) is 0 Å². The van der Waals surface area contributed by atoms with Gasteiger partial charge in [-0.15, -0.1) is 0 Å². The van der Waals surface area contributed by atoms with E-state index in [1.165, 1.54) is 76.7 Å². The maximum atomic E-state index is 2.36. The molecule has 0 amide bonds. The second kappa shape index (κ2) is 11.7. The molecule has 8 aromatic rings. The lowest BCUT2D eigenvalue weighted by atomic mass is 9.85. The minimum Gasteiger partial charge on any atom is -0.344 e. The molecule has 0 fully saturated rings. The fourth-order valence-electron chi connectivity index (χ4n) is 6.56. The summed E-state index contributed by atoms with van der Waals surface area (Å²) in [5.41, 5.74) is 10.1. The Labute approximate surface area is 259 Å². The van der Waals surface area contributed by atoms with Crippen LogP contribution in [0.4, 0.5) is 0 Å². The first kappa shape index (κ1) is 27.4. The first-order valence-electron chi connectivity index (χ1n) is 15.3. The number of para-hydroxylation sites is 1. The number of nitrogens with zero attached hydrogens (tertiary/aromatic N) is 1. The lowest BCUT2D eigenvalue weighted by Crippen LogP contribution is -1.91. The zero-order valence-electron chi connectivity index (χ0n) is 25.5. The van der Waals surface area contributed by atoms with Gasteiger partial charge in [-0.2, -0.15) is 0 Å².